The summed E-state index contributed by atoms with van der Waals surface area (Å²) in [6, 6.07) is 10.4. The Hall–Kier alpha value is -0.831. The third kappa shape index (κ3) is 3.08. The van der Waals surface area contributed by atoms with Gasteiger partial charge in [-0.05, 0) is 0 Å². The van der Waals surface area contributed by atoms with Crippen molar-refractivity contribution in [3.8, 4) is 0 Å². The van der Waals surface area contributed by atoms with E-state index in [0.29, 0.717) is 0 Å². The van der Waals surface area contributed by atoms with Gasteiger partial charge in [-0.1, -0.05) is 0 Å². The molecule has 0 aliphatic carbocycles. The van der Waals surface area contributed by atoms with Crippen LogP contribution in [0.1, 0.15) is 27.2 Å². The van der Waals surface area contributed by atoms with Crippen molar-refractivity contribution < 1.29 is 14.3 Å². The summed E-state index contributed by atoms with van der Waals surface area (Å²) < 4.78 is 12.5. The normalized spacial score (nSPS) is 28.3. The summed E-state index contributed by atoms with van der Waals surface area (Å²) in [6.45, 7) is 6.12. The summed E-state index contributed by atoms with van der Waals surface area (Å²) in [7, 11) is 1.46. The number of hydrogen-bond donors (Lipinski definition) is 0. The summed E-state index contributed by atoms with van der Waals surface area (Å²) in [5.74, 6) is -0.327. The van der Waals surface area contributed by atoms with Crippen LogP contribution in [0, 0.1) is 5.92 Å². The second kappa shape index (κ2) is 6.30. The fourth-order valence-corrected chi connectivity index (χ4v) is 6.17. The van der Waals surface area contributed by atoms with Gasteiger partial charge in [0.05, 0.1) is 0 Å². The Bertz CT molecular complexity index is 458. The molecule has 3 atom stereocenters. The molecule has 1 aromatic carbocycles. The molecule has 1 aromatic rings. The third-order valence-corrected chi connectivity index (χ3v) is 6.69. The summed E-state index contributed by atoms with van der Waals surface area (Å²) in [4.78, 5) is 12.4. The average Bonchev–Trinajstić information content (AvgIpc) is 2.69. The van der Waals surface area contributed by atoms with E-state index in [4.69, 9.17) is 9.47 Å². The van der Waals surface area contributed by atoms with E-state index in [0.717, 1.165) is 6.42 Å². The van der Waals surface area contributed by atoms with Crippen LogP contribution in [0.25, 0.3) is 0 Å². The number of esters is 1. The van der Waals surface area contributed by atoms with Gasteiger partial charge in [0, 0.05) is 0 Å². The molecule has 0 N–H and O–H groups in total. The quantitative estimate of drug-likeness (QED) is 0.622. The number of carbonyl (C=O) groups excluding carboxylic acids is 1. The molecule has 0 unspecified atom stereocenters. The Labute approximate surface area is 127 Å². The first kappa shape index (κ1) is 15.6. The molecule has 1 fully saturated rings. The van der Waals surface area contributed by atoms with Crippen molar-refractivity contribution in [2.45, 2.75) is 43.7 Å². The van der Waals surface area contributed by atoms with E-state index in [1.54, 1.807) is 0 Å². The molecule has 20 heavy (non-hydrogen) atoms. The van der Waals surface area contributed by atoms with Crippen LogP contribution in [0.4, 0.5) is 0 Å². The van der Waals surface area contributed by atoms with Gasteiger partial charge in [-0.2, -0.15) is 0 Å². The molecule has 4 heteroatoms. The molecule has 0 saturated carbocycles. The van der Waals surface area contributed by atoms with Crippen LogP contribution in [-0.2, 0) is 14.3 Å². The molecule has 1 saturated heterocycles. The van der Waals surface area contributed by atoms with Crippen molar-refractivity contribution in [2.24, 2.45) is 5.92 Å². The van der Waals surface area contributed by atoms with Crippen molar-refractivity contribution in [2.75, 3.05) is 7.11 Å². The fourth-order valence-electron chi connectivity index (χ4n) is 2.80. The summed E-state index contributed by atoms with van der Waals surface area (Å²) in [5.41, 5.74) is -0.449. The molecule has 1 aliphatic rings. The van der Waals surface area contributed by atoms with Crippen LogP contribution < -0.4 is 4.46 Å². The predicted octanol–water partition coefficient (Wildman–Crippen LogP) is 2.18. The van der Waals surface area contributed by atoms with E-state index in [9.17, 15) is 4.79 Å². The molecule has 0 radical (unpaired) electrons. The first-order valence-corrected chi connectivity index (χ1v) is 8.81. The van der Waals surface area contributed by atoms with Gasteiger partial charge in [0.15, 0.2) is 0 Å². The topological polar surface area (TPSA) is 35.5 Å². The van der Waals surface area contributed by atoms with E-state index in [-0.39, 0.29) is 37.8 Å². The van der Waals surface area contributed by atoms with E-state index in [1.165, 1.54) is 11.6 Å². The van der Waals surface area contributed by atoms with E-state index < -0.39 is 5.60 Å². The van der Waals surface area contributed by atoms with Gasteiger partial charge in [0.2, 0.25) is 0 Å². The zero-order valence-corrected chi connectivity index (χ0v) is 14.2. The number of methoxy groups -OCH3 is 1. The number of ether oxygens (including phenoxy) is 2. The maximum absolute atomic E-state index is 12.2. The standard InChI is InChI=1S/C16H22O3Se/c1-5-12-14(20-11-9-7-6-8-10-11)13(15(17)18-4)16(2,3)19-12/h6-10,12-14H,5H2,1-4H3/t12-,13+,14-/m0/s1. The Morgan fingerprint density at radius 2 is 2.00 bits per heavy atom. The monoisotopic (exact) mass is 342 g/mol. The minimum absolute atomic E-state index is 0.134. The second-order valence-corrected chi connectivity index (χ2v) is 8.19. The van der Waals surface area contributed by atoms with Crippen LogP contribution in [-0.4, -0.2) is 39.7 Å². The van der Waals surface area contributed by atoms with Crippen LogP contribution in [0.2, 0.25) is 4.82 Å². The molecule has 3 nitrogen and oxygen atoms in total. The first-order chi connectivity index (χ1) is 9.49. The molecular weight excluding hydrogens is 319 g/mol. The molecule has 110 valence electrons. The number of benzene rings is 1. The van der Waals surface area contributed by atoms with Crippen molar-refractivity contribution in [3.05, 3.63) is 30.3 Å². The van der Waals surface area contributed by atoms with Gasteiger partial charge in [0.1, 0.15) is 0 Å². The van der Waals surface area contributed by atoms with E-state index in [2.05, 4.69) is 19.1 Å². The average molecular weight is 341 g/mol. The minimum atomic E-state index is -0.449. The Morgan fingerprint density at radius 3 is 2.55 bits per heavy atom. The van der Waals surface area contributed by atoms with Gasteiger partial charge in [0.25, 0.3) is 0 Å². The van der Waals surface area contributed by atoms with Crippen molar-refractivity contribution >= 4 is 25.4 Å². The van der Waals surface area contributed by atoms with Crippen molar-refractivity contribution in [1.82, 2.24) is 0 Å². The first-order valence-electron chi connectivity index (χ1n) is 6.97. The predicted molar refractivity (Wildman–Crippen MR) is 80.3 cm³/mol. The molecule has 0 bridgehead atoms. The SMILES string of the molecule is CC[C@@H]1OC(C)(C)[C@@H](C(=O)OC)[C@H]1[Se]c1ccccc1. The van der Waals surface area contributed by atoms with E-state index in [1.807, 2.05) is 32.0 Å². The summed E-state index contributed by atoms with van der Waals surface area (Å²) in [6.07, 6.45) is 1.06. The molecular formula is C16H22O3Se. The van der Waals surface area contributed by atoms with Crippen molar-refractivity contribution in [3.63, 3.8) is 0 Å². The van der Waals surface area contributed by atoms with Gasteiger partial charge in [-0.25, -0.2) is 0 Å². The van der Waals surface area contributed by atoms with E-state index >= 15 is 0 Å². The number of carbonyl (C=O) groups is 1. The second-order valence-electron chi connectivity index (χ2n) is 5.56. The Balaban J connectivity index is 2.27. The molecule has 1 aliphatic heterocycles. The molecule has 2 rings (SSSR count). The van der Waals surface area contributed by atoms with Gasteiger partial charge >= 0.3 is 127 Å². The van der Waals surface area contributed by atoms with Gasteiger partial charge < -0.3 is 0 Å². The summed E-state index contributed by atoms with van der Waals surface area (Å²) >= 11 is 0.203. The Morgan fingerprint density at radius 1 is 1.35 bits per heavy atom. The number of hydrogen-bond acceptors (Lipinski definition) is 3. The number of rotatable bonds is 4. The Kier molecular flexibility index (Phi) is 4.90. The maximum atomic E-state index is 12.2. The molecule has 1 heterocycles. The van der Waals surface area contributed by atoms with Crippen molar-refractivity contribution in [1.29, 1.82) is 0 Å². The zero-order chi connectivity index (χ0) is 14.8. The van der Waals surface area contributed by atoms with Crippen LogP contribution >= 0.6 is 0 Å². The molecule has 0 aromatic heterocycles. The van der Waals surface area contributed by atoms with Gasteiger partial charge in [-0.15, -0.1) is 0 Å². The van der Waals surface area contributed by atoms with Crippen LogP contribution in [0.15, 0.2) is 30.3 Å². The fraction of sp³-hybridized carbons (Fsp3) is 0.562. The summed E-state index contributed by atoms with van der Waals surface area (Å²) in [5, 5.41) is 0. The molecule has 0 spiro atoms. The van der Waals surface area contributed by atoms with Crippen LogP contribution in [0.3, 0.4) is 0 Å². The third-order valence-electron chi connectivity index (χ3n) is 3.77. The van der Waals surface area contributed by atoms with Gasteiger partial charge in [-0.3, -0.25) is 0 Å². The van der Waals surface area contributed by atoms with Crippen LogP contribution in [0.5, 0.6) is 0 Å². The molecule has 0 amide bonds. The zero-order valence-electron chi connectivity index (χ0n) is 12.5.